The number of aliphatic hydroxyl groups is 1. The highest BCUT2D eigenvalue weighted by molar-refractivity contribution is 4.97. The van der Waals surface area contributed by atoms with Crippen LogP contribution >= 0.6 is 0 Å². The molecule has 4 unspecified atom stereocenters. The summed E-state index contributed by atoms with van der Waals surface area (Å²) in [5.41, 5.74) is 5.33. The SMILES string of the molecule is CCC(CN)C1(O)CC(C)CCC1C(C)C. The maximum atomic E-state index is 11.1. The van der Waals surface area contributed by atoms with Gasteiger partial charge in [-0.3, -0.25) is 0 Å². The molecule has 1 aliphatic rings. The summed E-state index contributed by atoms with van der Waals surface area (Å²) in [6.07, 6.45) is 4.34. The average Bonchev–Trinajstić information content (AvgIpc) is 2.18. The van der Waals surface area contributed by atoms with E-state index in [1.54, 1.807) is 0 Å². The molecule has 0 radical (unpaired) electrons. The molecule has 96 valence electrons. The molecular formula is C14H29NO. The van der Waals surface area contributed by atoms with Crippen LogP contribution in [0.25, 0.3) is 0 Å². The van der Waals surface area contributed by atoms with E-state index in [0.717, 1.165) is 19.3 Å². The lowest BCUT2D eigenvalue weighted by Crippen LogP contribution is -2.53. The minimum Gasteiger partial charge on any atom is -0.389 e. The van der Waals surface area contributed by atoms with Gasteiger partial charge in [-0.15, -0.1) is 0 Å². The second kappa shape index (κ2) is 5.50. The van der Waals surface area contributed by atoms with Crippen LogP contribution in [0.1, 0.15) is 53.4 Å². The number of rotatable bonds is 4. The van der Waals surface area contributed by atoms with Gasteiger partial charge in [-0.1, -0.05) is 34.1 Å². The van der Waals surface area contributed by atoms with Crippen molar-refractivity contribution in [1.29, 1.82) is 0 Å². The third-order valence-corrected chi connectivity index (χ3v) is 4.58. The Morgan fingerprint density at radius 1 is 1.38 bits per heavy atom. The van der Waals surface area contributed by atoms with Gasteiger partial charge in [-0.25, -0.2) is 0 Å². The lowest BCUT2D eigenvalue weighted by molar-refractivity contribution is -0.120. The molecule has 4 atom stereocenters. The third-order valence-electron chi connectivity index (χ3n) is 4.58. The summed E-state index contributed by atoms with van der Waals surface area (Å²) in [5, 5.41) is 11.1. The van der Waals surface area contributed by atoms with Crippen LogP contribution < -0.4 is 5.73 Å². The van der Waals surface area contributed by atoms with Crippen molar-refractivity contribution in [2.24, 2.45) is 29.4 Å². The fraction of sp³-hybridized carbons (Fsp3) is 1.00. The molecule has 1 rings (SSSR count). The van der Waals surface area contributed by atoms with Gasteiger partial charge in [0.15, 0.2) is 0 Å². The number of hydrogen-bond acceptors (Lipinski definition) is 2. The van der Waals surface area contributed by atoms with Crippen LogP contribution in [-0.4, -0.2) is 17.3 Å². The average molecular weight is 227 g/mol. The van der Waals surface area contributed by atoms with Crippen molar-refractivity contribution in [3.8, 4) is 0 Å². The van der Waals surface area contributed by atoms with Gasteiger partial charge < -0.3 is 10.8 Å². The maximum absolute atomic E-state index is 11.1. The first-order valence-electron chi connectivity index (χ1n) is 6.88. The maximum Gasteiger partial charge on any atom is 0.0720 e. The second-order valence-electron chi connectivity index (χ2n) is 6.07. The Labute approximate surface area is 101 Å². The number of hydrogen-bond donors (Lipinski definition) is 2. The molecular weight excluding hydrogens is 198 g/mol. The summed E-state index contributed by atoms with van der Waals surface area (Å²) in [7, 11) is 0. The van der Waals surface area contributed by atoms with E-state index in [0.29, 0.717) is 24.3 Å². The summed E-state index contributed by atoms with van der Waals surface area (Å²) < 4.78 is 0. The van der Waals surface area contributed by atoms with Crippen LogP contribution in [0, 0.1) is 23.7 Å². The highest BCUT2D eigenvalue weighted by atomic mass is 16.3. The molecule has 1 fully saturated rings. The smallest absolute Gasteiger partial charge is 0.0720 e. The summed E-state index contributed by atoms with van der Waals surface area (Å²) in [6.45, 7) is 9.48. The van der Waals surface area contributed by atoms with Gasteiger partial charge in [0.25, 0.3) is 0 Å². The van der Waals surface area contributed by atoms with Crippen molar-refractivity contribution in [1.82, 2.24) is 0 Å². The highest BCUT2D eigenvalue weighted by Gasteiger charge is 2.46. The van der Waals surface area contributed by atoms with Crippen molar-refractivity contribution in [2.45, 2.75) is 59.0 Å². The molecule has 2 nitrogen and oxygen atoms in total. The largest absolute Gasteiger partial charge is 0.389 e. The molecule has 0 aromatic carbocycles. The summed E-state index contributed by atoms with van der Waals surface area (Å²) in [6, 6.07) is 0. The Balaban J connectivity index is 2.91. The first-order chi connectivity index (χ1) is 7.45. The van der Waals surface area contributed by atoms with Crippen LogP contribution in [0.4, 0.5) is 0 Å². The monoisotopic (exact) mass is 227 g/mol. The standard InChI is InChI=1S/C14H29NO/c1-5-12(9-15)14(16)8-11(4)6-7-13(14)10(2)3/h10-13,16H,5-9,15H2,1-4H3. The van der Waals surface area contributed by atoms with Gasteiger partial charge in [0.2, 0.25) is 0 Å². The summed E-state index contributed by atoms with van der Waals surface area (Å²) in [4.78, 5) is 0. The van der Waals surface area contributed by atoms with E-state index in [1.807, 2.05) is 0 Å². The highest BCUT2D eigenvalue weighted by Crippen LogP contribution is 2.45. The van der Waals surface area contributed by atoms with Crippen molar-refractivity contribution in [3.63, 3.8) is 0 Å². The van der Waals surface area contributed by atoms with E-state index in [9.17, 15) is 5.11 Å². The Morgan fingerprint density at radius 3 is 2.44 bits per heavy atom. The van der Waals surface area contributed by atoms with Crippen LogP contribution in [0.15, 0.2) is 0 Å². The first-order valence-corrected chi connectivity index (χ1v) is 6.88. The van der Waals surface area contributed by atoms with E-state index in [2.05, 4.69) is 27.7 Å². The molecule has 0 saturated heterocycles. The molecule has 16 heavy (non-hydrogen) atoms. The fourth-order valence-corrected chi connectivity index (χ4v) is 3.63. The van der Waals surface area contributed by atoms with Crippen molar-refractivity contribution < 1.29 is 5.11 Å². The topological polar surface area (TPSA) is 46.2 Å². The Bertz CT molecular complexity index is 213. The van der Waals surface area contributed by atoms with E-state index in [4.69, 9.17) is 5.73 Å². The fourth-order valence-electron chi connectivity index (χ4n) is 3.63. The summed E-state index contributed by atoms with van der Waals surface area (Å²) in [5.74, 6) is 1.89. The third kappa shape index (κ3) is 2.60. The quantitative estimate of drug-likeness (QED) is 0.776. The second-order valence-corrected chi connectivity index (χ2v) is 6.07. The normalized spacial score (nSPS) is 37.7. The minimum absolute atomic E-state index is 0.266. The molecule has 0 aromatic heterocycles. The zero-order valence-corrected chi connectivity index (χ0v) is 11.4. The molecule has 0 aliphatic heterocycles. The molecule has 0 heterocycles. The molecule has 0 aromatic rings. The van der Waals surface area contributed by atoms with Crippen LogP contribution in [-0.2, 0) is 0 Å². The first kappa shape index (κ1) is 14.0. The lowest BCUT2D eigenvalue weighted by atomic mass is 9.61. The van der Waals surface area contributed by atoms with Gasteiger partial charge in [0, 0.05) is 0 Å². The summed E-state index contributed by atoms with van der Waals surface area (Å²) >= 11 is 0. The van der Waals surface area contributed by atoms with E-state index in [1.165, 1.54) is 6.42 Å². The Hall–Kier alpha value is -0.0800. The van der Waals surface area contributed by atoms with Gasteiger partial charge in [-0.2, -0.15) is 0 Å². The predicted molar refractivity (Wildman–Crippen MR) is 69.1 cm³/mol. The van der Waals surface area contributed by atoms with Crippen LogP contribution in [0.2, 0.25) is 0 Å². The van der Waals surface area contributed by atoms with Crippen LogP contribution in [0.3, 0.4) is 0 Å². The zero-order chi connectivity index (χ0) is 12.3. The van der Waals surface area contributed by atoms with Crippen molar-refractivity contribution in [3.05, 3.63) is 0 Å². The molecule has 3 N–H and O–H groups in total. The number of nitrogens with two attached hydrogens (primary N) is 1. The Morgan fingerprint density at radius 2 is 2.00 bits per heavy atom. The molecule has 0 bridgehead atoms. The van der Waals surface area contributed by atoms with Gasteiger partial charge in [0.1, 0.15) is 0 Å². The zero-order valence-electron chi connectivity index (χ0n) is 11.4. The lowest BCUT2D eigenvalue weighted by Gasteiger charge is -2.49. The van der Waals surface area contributed by atoms with Crippen molar-refractivity contribution in [2.75, 3.05) is 6.54 Å². The molecule has 1 saturated carbocycles. The van der Waals surface area contributed by atoms with Crippen LogP contribution in [0.5, 0.6) is 0 Å². The van der Waals surface area contributed by atoms with Crippen molar-refractivity contribution >= 4 is 0 Å². The molecule has 0 amide bonds. The van der Waals surface area contributed by atoms with E-state index < -0.39 is 5.60 Å². The van der Waals surface area contributed by atoms with Gasteiger partial charge >= 0.3 is 0 Å². The Kier molecular flexibility index (Phi) is 4.81. The predicted octanol–water partition coefficient (Wildman–Crippen LogP) is 2.79. The van der Waals surface area contributed by atoms with E-state index >= 15 is 0 Å². The van der Waals surface area contributed by atoms with E-state index in [-0.39, 0.29) is 5.92 Å². The van der Waals surface area contributed by atoms with Gasteiger partial charge in [0.05, 0.1) is 5.60 Å². The minimum atomic E-state index is -0.519. The molecule has 1 aliphatic carbocycles. The molecule has 2 heteroatoms. The molecule has 0 spiro atoms. The van der Waals surface area contributed by atoms with Gasteiger partial charge in [-0.05, 0) is 49.5 Å².